The Morgan fingerprint density at radius 2 is 2.32 bits per heavy atom. The average molecular weight is 260 g/mol. The predicted molar refractivity (Wildman–Crippen MR) is 75.8 cm³/mol. The van der Waals surface area contributed by atoms with E-state index < -0.39 is 0 Å². The monoisotopic (exact) mass is 260 g/mol. The molecule has 1 aliphatic rings. The molecule has 0 aliphatic heterocycles. The maximum atomic E-state index is 11.8. The molecule has 102 valence electrons. The molecule has 0 heterocycles. The molecule has 0 radical (unpaired) electrons. The summed E-state index contributed by atoms with van der Waals surface area (Å²) >= 11 is 0. The fourth-order valence-electron chi connectivity index (χ4n) is 2.12. The number of allylic oxidation sites excluding steroid dienone is 2. The molecule has 0 fully saturated rings. The third kappa shape index (κ3) is 4.32. The van der Waals surface area contributed by atoms with Crippen molar-refractivity contribution in [2.75, 3.05) is 18.9 Å². The highest BCUT2D eigenvalue weighted by Gasteiger charge is 2.17. The molecule has 1 aromatic rings. The van der Waals surface area contributed by atoms with E-state index in [4.69, 9.17) is 10.5 Å². The minimum Gasteiger partial charge on any atom is -0.492 e. The number of amides is 1. The van der Waals surface area contributed by atoms with Crippen LogP contribution in [0.15, 0.2) is 36.4 Å². The van der Waals surface area contributed by atoms with Crippen LogP contribution in [0.3, 0.4) is 0 Å². The lowest BCUT2D eigenvalue weighted by Gasteiger charge is -2.17. The van der Waals surface area contributed by atoms with Crippen LogP contribution in [-0.4, -0.2) is 19.1 Å². The Hall–Kier alpha value is -1.97. The van der Waals surface area contributed by atoms with E-state index in [0.29, 0.717) is 18.8 Å². The highest BCUT2D eigenvalue weighted by molar-refractivity contribution is 5.78. The fourth-order valence-corrected chi connectivity index (χ4v) is 2.12. The summed E-state index contributed by atoms with van der Waals surface area (Å²) in [6, 6.07) is 7.28. The summed E-state index contributed by atoms with van der Waals surface area (Å²) < 4.78 is 5.52. The Kier molecular flexibility index (Phi) is 4.84. The number of benzene rings is 1. The van der Waals surface area contributed by atoms with Gasteiger partial charge in [0.15, 0.2) is 0 Å². The molecule has 4 nitrogen and oxygen atoms in total. The number of hydrogen-bond donors (Lipinski definition) is 2. The van der Waals surface area contributed by atoms with Gasteiger partial charge in [0.2, 0.25) is 5.91 Å². The van der Waals surface area contributed by atoms with Crippen LogP contribution < -0.4 is 15.8 Å². The first kappa shape index (κ1) is 13.5. The molecule has 2 rings (SSSR count). The molecule has 3 N–H and O–H groups in total. The zero-order valence-corrected chi connectivity index (χ0v) is 11.0. The molecule has 1 atom stereocenters. The second-order valence-corrected chi connectivity index (χ2v) is 4.69. The van der Waals surface area contributed by atoms with Gasteiger partial charge < -0.3 is 15.8 Å². The lowest BCUT2D eigenvalue weighted by molar-refractivity contribution is -0.125. The number of nitrogens with two attached hydrogens (primary N) is 1. The number of carbonyl (C=O) groups excluding carboxylic acids is 1. The molecule has 0 aromatic heterocycles. The molecule has 1 amide bonds. The van der Waals surface area contributed by atoms with E-state index in [-0.39, 0.29) is 11.8 Å². The van der Waals surface area contributed by atoms with Crippen LogP contribution in [0.2, 0.25) is 0 Å². The van der Waals surface area contributed by atoms with Gasteiger partial charge in [-0.25, -0.2) is 0 Å². The minimum atomic E-state index is 0.123. The van der Waals surface area contributed by atoms with Crippen LogP contribution in [0.1, 0.15) is 19.3 Å². The Morgan fingerprint density at radius 3 is 3.05 bits per heavy atom. The van der Waals surface area contributed by atoms with Gasteiger partial charge in [0, 0.05) is 17.7 Å². The van der Waals surface area contributed by atoms with E-state index in [0.717, 1.165) is 25.0 Å². The first-order chi connectivity index (χ1) is 9.25. The Morgan fingerprint density at radius 1 is 1.42 bits per heavy atom. The van der Waals surface area contributed by atoms with Gasteiger partial charge in [-0.15, -0.1) is 0 Å². The summed E-state index contributed by atoms with van der Waals surface area (Å²) in [5, 5.41) is 2.91. The van der Waals surface area contributed by atoms with Crippen LogP contribution in [-0.2, 0) is 4.79 Å². The highest BCUT2D eigenvalue weighted by Crippen LogP contribution is 2.18. The molecular weight excluding hydrogens is 240 g/mol. The third-order valence-corrected chi connectivity index (χ3v) is 3.17. The molecule has 1 aliphatic carbocycles. The molecule has 4 heteroatoms. The van der Waals surface area contributed by atoms with Gasteiger partial charge in [-0.1, -0.05) is 18.2 Å². The van der Waals surface area contributed by atoms with E-state index in [1.165, 1.54) is 0 Å². The van der Waals surface area contributed by atoms with Crippen molar-refractivity contribution in [3.05, 3.63) is 36.4 Å². The van der Waals surface area contributed by atoms with Crippen LogP contribution in [0.25, 0.3) is 0 Å². The van der Waals surface area contributed by atoms with E-state index in [1.807, 2.05) is 18.2 Å². The molecule has 0 saturated carbocycles. The number of rotatable bonds is 5. The maximum absolute atomic E-state index is 11.8. The summed E-state index contributed by atoms with van der Waals surface area (Å²) in [5.74, 6) is 0.979. The van der Waals surface area contributed by atoms with E-state index in [2.05, 4.69) is 17.5 Å². The quantitative estimate of drug-likeness (QED) is 0.484. The van der Waals surface area contributed by atoms with Crippen LogP contribution in [0, 0.1) is 5.92 Å². The molecule has 1 unspecified atom stereocenters. The highest BCUT2D eigenvalue weighted by atomic mass is 16.5. The van der Waals surface area contributed by atoms with Gasteiger partial charge in [0.25, 0.3) is 0 Å². The maximum Gasteiger partial charge on any atom is 0.223 e. The number of nitrogens with one attached hydrogen (secondary N) is 1. The minimum absolute atomic E-state index is 0.123. The van der Waals surface area contributed by atoms with Gasteiger partial charge >= 0.3 is 0 Å². The number of ether oxygens (including phenoxy) is 1. The van der Waals surface area contributed by atoms with Gasteiger partial charge in [-0.05, 0) is 31.4 Å². The topological polar surface area (TPSA) is 64.3 Å². The largest absolute Gasteiger partial charge is 0.492 e. The van der Waals surface area contributed by atoms with Crippen molar-refractivity contribution in [1.82, 2.24) is 5.32 Å². The van der Waals surface area contributed by atoms with Gasteiger partial charge in [-0.2, -0.15) is 0 Å². The van der Waals surface area contributed by atoms with Crippen LogP contribution in [0.4, 0.5) is 5.69 Å². The first-order valence-electron chi connectivity index (χ1n) is 6.67. The van der Waals surface area contributed by atoms with Crippen molar-refractivity contribution in [1.29, 1.82) is 0 Å². The number of carbonyl (C=O) groups is 1. The van der Waals surface area contributed by atoms with E-state index >= 15 is 0 Å². The summed E-state index contributed by atoms with van der Waals surface area (Å²) in [7, 11) is 0. The zero-order chi connectivity index (χ0) is 13.5. The normalized spacial score (nSPS) is 18.0. The smallest absolute Gasteiger partial charge is 0.223 e. The molecule has 0 spiro atoms. The molecule has 19 heavy (non-hydrogen) atoms. The van der Waals surface area contributed by atoms with E-state index in [1.54, 1.807) is 6.07 Å². The molecule has 1 aromatic carbocycles. The summed E-state index contributed by atoms with van der Waals surface area (Å²) in [6.45, 7) is 0.978. The van der Waals surface area contributed by atoms with Crippen molar-refractivity contribution in [2.45, 2.75) is 19.3 Å². The number of nitrogen functional groups attached to an aromatic ring is 1. The molecule has 0 saturated heterocycles. The Labute approximate surface area is 113 Å². The van der Waals surface area contributed by atoms with Crippen molar-refractivity contribution in [2.24, 2.45) is 5.92 Å². The lowest BCUT2D eigenvalue weighted by Crippen LogP contribution is -2.34. The fraction of sp³-hybridized carbons (Fsp3) is 0.400. The van der Waals surface area contributed by atoms with Crippen molar-refractivity contribution in [3.63, 3.8) is 0 Å². The average Bonchev–Trinajstić information content (AvgIpc) is 2.44. The van der Waals surface area contributed by atoms with Gasteiger partial charge in [0.1, 0.15) is 12.4 Å². The molecule has 0 bridgehead atoms. The van der Waals surface area contributed by atoms with Crippen LogP contribution in [0.5, 0.6) is 5.75 Å². The van der Waals surface area contributed by atoms with Crippen molar-refractivity contribution < 1.29 is 9.53 Å². The first-order valence-corrected chi connectivity index (χ1v) is 6.67. The van der Waals surface area contributed by atoms with Crippen molar-refractivity contribution in [3.8, 4) is 5.75 Å². The second kappa shape index (κ2) is 6.83. The Balaban J connectivity index is 1.66. The molecular formula is C15H20N2O2. The zero-order valence-electron chi connectivity index (χ0n) is 11.0. The lowest BCUT2D eigenvalue weighted by atomic mass is 9.94. The predicted octanol–water partition coefficient (Wildman–Crippen LogP) is 2.12. The van der Waals surface area contributed by atoms with Gasteiger partial charge in [0.05, 0.1) is 6.54 Å². The SMILES string of the molecule is Nc1cccc(OCCNC(=O)C2CC=CCC2)c1. The summed E-state index contributed by atoms with van der Waals surface area (Å²) in [4.78, 5) is 11.8. The standard InChI is InChI=1S/C15H20N2O2/c16-13-7-4-8-14(11-13)19-10-9-17-15(18)12-5-2-1-3-6-12/h1-2,4,7-8,11-12H,3,5-6,9-10,16H2,(H,17,18). The number of anilines is 1. The summed E-state index contributed by atoms with van der Waals surface area (Å²) in [5.41, 5.74) is 6.33. The second-order valence-electron chi connectivity index (χ2n) is 4.69. The number of hydrogen-bond acceptors (Lipinski definition) is 3. The van der Waals surface area contributed by atoms with Crippen molar-refractivity contribution >= 4 is 11.6 Å². The van der Waals surface area contributed by atoms with E-state index in [9.17, 15) is 4.79 Å². The van der Waals surface area contributed by atoms with Crippen LogP contribution >= 0.6 is 0 Å². The third-order valence-electron chi connectivity index (χ3n) is 3.17. The summed E-state index contributed by atoms with van der Waals surface area (Å²) in [6.07, 6.45) is 7.00. The van der Waals surface area contributed by atoms with Gasteiger partial charge in [-0.3, -0.25) is 4.79 Å². The Bertz CT molecular complexity index is 457.